The molecule has 1 N–H and O–H groups in total. The van der Waals surface area contributed by atoms with Crippen LogP contribution in [0, 0.1) is 5.82 Å². The second kappa shape index (κ2) is 7.18. The molecule has 0 aliphatic rings. The Kier molecular flexibility index (Phi) is 4.81. The molecule has 0 aliphatic carbocycles. The van der Waals surface area contributed by atoms with Crippen LogP contribution in [0.2, 0.25) is 5.02 Å². The van der Waals surface area contributed by atoms with Crippen LogP contribution in [0.25, 0.3) is 11.4 Å². The van der Waals surface area contributed by atoms with Gasteiger partial charge in [0.1, 0.15) is 12.4 Å². The van der Waals surface area contributed by atoms with Crippen LogP contribution in [0.3, 0.4) is 0 Å². The molecule has 122 valence electrons. The van der Waals surface area contributed by atoms with Crippen LogP contribution >= 0.6 is 11.6 Å². The van der Waals surface area contributed by atoms with E-state index in [9.17, 15) is 9.18 Å². The van der Waals surface area contributed by atoms with E-state index in [0.717, 1.165) is 5.56 Å². The van der Waals surface area contributed by atoms with Crippen LogP contribution in [0.5, 0.6) is 0 Å². The summed E-state index contributed by atoms with van der Waals surface area (Å²) in [7, 11) is 0. The average molecular weight is 346 g/mol. The fraction of sp³-hybridized carbons (Fsp3) is 0.125. The largest absolute Gasteiger partial charge is 0.350 e. The van der Waals surface area contributed by atoms with Crippen LogP contribution < -0.4 is 5.32 Å². The molecule has 6 nitrogen and oxygen atoms in total. The molecule has 0 bridgehead atoms. The maximum Gasteiger partial charge on any atom is 0.243 e. The molecule has 0 saturated carbocycles. The molecule has 1 aromatic heterocycles. The number of carbonyl (C=O) groups excluding carboxylic acids is 1. The fourth-order valence-corrected chi connectivity index (χ4v) is 2.27. The van der Waals surface area contributed by atoms with Crippen LogP contribution in [-0.2, 0) is 17.9 Å². The molecule has 0 spiro atoms. The van der Waals surface area contributed by atoms with Gasteiger partial charge in [0.25, 0.3) is 0 Å². The molecule has 8 heteroatoms. The first-order valence-corrected chi connectivity index (χ1v) is 7.53. The van der Waals surface area contributed by atoms with Gasteiger partial charge in [-0.15, -0.1) is 10.2 Å². The van der Waals surface area contributed by atoms with Gasteiger partial charge in [-0.3, -0.25) is 4.79 Å². The van der Waals surface area contributed by atoms with Gasteiger partial charge in [-0.1, -0.05) is 35.9 Å². The van der Waals surface area contributed by atoms with Crippen molar-refractivity contribution in [3.8, 4) is 11.4 Å². The summed E-state index contributed by atoms with van der Waals surface area (Å²) in [6.07, 6.45) is 0. The molecule has 1 heterocycles. The van der Waals surface area contributed by atoms with E-state index >= 15 is 0 Å². The number of benzene rings is 2. The van der Waals surface area contributed by atoms with Crippen molar-refractivity contribution in [1.82, 2.24) is 25.5 Å². The Morgan fingerprint density at radius 1 is 1.17 bits per heavy atom. The topological polar surface area (TPSA) is 72.7 Å². The number of aromatic nitrogens is 4. The summed E-state index contributed by atoms with van der Waals surface area (Å²) < 4.78 is 12.8. The lowest BCUT2D eigenvalue weighted by molar-refractivity contribution is -0.122. The van der Waals surface area contributed by atoms with Gasteiger partial charge in [-0.2, -0.15) is 4.80 Å². The van der Waals surface area contributed by atoms with E-state index in [2.05, 4.69) is 20.7 Å². The number of carbonyl (C=O) groups is 1. The van der Waals surface area contributed by atoms with E-state index in [-0.39, 0.29) is 18.3 Å². The molecule has 0 atom stereocenters. The first-order valence-electron chi connectivity index (χ1n) is 7.15. The summed E-state index contributed by atoms with van der Waals surface area (Å²) in [5, 5.41) is 15.1. The Morgan fingerprint density at radius 2 is 1.92 bits per heavy atom. The number of tetrazole rings is 1. The lowest BCUT2D eigenvalue weighted by atomic mass is 10.2. The number of hydrogen-bond acceptors (Lipinski definition) is 4. The van der Waals surface area contributed by atoms with Gasteiger partial charge in [0.05, 0.1) is 5.02 Å². The van der Waals surface area contributed by atoms with Crippen LogP contribution in [-0.4, -0.2) is 26.1 Å². The summed E-state index contributed by atoms with van der Waals surface area (Å²) in [5.74, 6) is -0.238. The minimum atomic E-state index is -0.316. The van der Waals surface area contributed by atoms with E-state index in [4.69, 9.17) is 11.6 Å². The van der Waals surface area contributed by atoms with Gasteiger partial charge in [0.2, 0.25) is 11.7 Å². The maximum atomic E-state index is 12.8. The molecule has 0 saturated heterocycles. The summed E-state index contributed by atoms with van der Waals surface area (Å²) in [5.41, 5.74) is 1.45. The number of rotatable bonds is 5. The summed E-state index contributed by atoms with van der Waals surface area (Å²) in [6.45, 7) is 0.226. The molecule has 0 unspecified atom stereocenters. The predicted octanol–water partition coefficient (Wildman–Crippen LogP) is 2.45. The van der Waals surface area contributed by atoms with Gasteiger partial charge in [-0.25, -0.2) is 4.39 Å². The standard InChI is InChI=1S/C16H13ClFN5O/c17-14-4-2-1-3-13(14)16-20-22-23(21-16)10-15(24)19-9-11-5-7-12(18)8-6-11/h1-8H,9-10H2,(H,19,24). The number of halogens is 2. The lowest BCUT2D eigenvalue weighted by Gasteiger charge is -2.04. The first-order chi connectivity index (χ1) is 11.6. The Labute approximate surface area is 142 Å². The maximum absolute atomic E-state index is 12.8. The molecule has 24 heavy (non-hydrogen) atoms. The van der Waals surface area contributed by atoms with Crippen LogP contribution in [0.4, 0.5) is 4.39 Å². The van der Waals surface area contributed by atoms with Crippen molar-refractivity contribution < 1.29 is 9.18 Å². The van der Waals surface area contributed by atoms with Gasteiger partial charge >= 0.3 is 0 Å². The second-order valence-electron chi connectivity index (χ2n) is 5.03. The molecule has 0 radical (unpaired) electrons. The summed E-state index contributed by atoms with van der Waals surface area (Å²) in [4.78, 5) is 13.1. The highest BCUT2D eigenvalue weighted by molar-refractivity contribution is 6.33. The molecule has 0 fully saturated rings. The number of nitrogens with zero attached hydrogens (tertiary/aromatic N) is 4. The van der Waals surface area contributed by atoms with Crippen molar-refractivity contribution in [2.24, 2.45) is 0 Å². The van der Waals surface area contributed by atoms with E-state index in [1.54, 1.807) is 30.3 Å². The zero-order valence-corrected chi connectivity index (χ0v) is 13.2. The Morgan fingerprint density at radius 3 is 2.67 bits per heavy atom. The minimum absolute atomic E-state index is 0.0708. The molecule has 3 rings (SSSR count). The van der Waals surface area contributed by atoms with Gasteiger partial charge in [0.15, 0.2) is 0 Å². The first kappa shape index (κ1) is 16.1. The Bertz CT molecular complexity index is 850. The van der Waals surface area contributed by atoms with Crippen molar-refractivity contribution in [3.63, 3.8) is 0 Å². The minimum Gasteiger partial charge on any atom is -0.350 e. The van der Waals surface area contributed by atoms with E-state index in [1.165, 1.54) is 16.9 Å². The third-order valence-electron chi connectivity index (χ3n) is 3.26. The van der Waals surface area contributed by atoms with E-state index in [1.807, 2.05) is 6.07 Å². The SMILES string of the molecule is O=C(Cn1nnc(-c2ccccc2Cl)n1)NCc1ccc(F)cc1. The van der Waals surface area contributed by atoms with Crippen molar-refractivity contribution in [2.45, 2.75) is 13.1 Å². The number of amides is 1. The van der Waals surface area contributed by atoms with Gasteiger partial charge in [0, 0.05) is 12.1 Å². The Balaban J connectivity index is 1.59. The van der Waals surface area contributed by atoms with Crippen LogP contribution in [0.15, 0.2) is 48.5 Å². The molecular formula is C16H13ClFN5O. The lowest BCUT2D eigenvalue weighted by Crippen LogP contribution is -2.28. The van der Waals surface area contributed by atoms with Crippen molar-refractivity contribution in [2.75, 3.05) is 0 Å². The van der Waals surface area contributed by atoms with Gasteiger partial charge < -0.3 is 5.32 Å². The second-order valence-corrected chi connectivity index (χ2v) is 5.43. The van der Waals surface area contributed by atoms with Gasteiger partial charge in [-0.05, 0) is 35.0 Å². The molecule has 3 aromatic rings. The molecule has 0 aliphatic heterocycles. The monoisotopic (exact) mass is 345 g/mol. The predicted molar refractivity (Wildman–Crippen MR) is 86.5 cm³/mol. The Hall–Kier alpha value is -2.80. The highest BCUT2D eigenvalue weighted by atomic mass is 35.5. The smallest absolute Gasteiger partial charge is 0.243 e. The number of hydrogen-bond donors (Lipinski definition) is 1. The molecule has 1 amide bonds. The number of nitrogens with one attached hydrogen (secondary N) is 1. The molecule has 2 aromatic carbocycles. The third kappa shape index (κ3) is 3.94. The molecular weight excluding hydrogens is 333 g/mol. The summed E-state index contributed by atoms with van der Waals surface area (Å²) in [6, 6.07) is 13.0. The zero-order valence-electron chi connectivity index (χ0n) is 12.5. The van der Waals surface area contributed by atoms with Crippen molar-refractivity contribution in [1.29, 1.82) is 0 Å². The van der Waals surface area contributed by atoms with Crippen molar-refractivity contribution in [3.05, 3.63) is 64.9 Å². The van der Waals surface area contributed by atoms with E-state index in [0.29, 0.717) is 23.0 Å². The third-order valence-corrected chi connectivity index (χ3v) is 3.59. The highest BCUT2D eigenvalue weighted by Crippen LogP contribution is 2.23. The summed E-state index contributed by atoms with van der Waals surface area (Å²) >= 11 is 6.08. The van der Waals surface area contributed by atoms with Crippen LogP contribution in [0.1, 0.15) is 5.56 Å². The quantitative estimate of drug-likeness (QED) is 0.771. The fourth-order valence-electron chi connectivity index (χ4n) is 2.05. The highest BCUT2D eigenvalue weighted by Gasteiger charge is 2.11. The average Bonchev–Trinajstić information content (AvgIpc) is 3.03. The zero-order chi connectivity index (χ0) is 16.9. The van der Waals surface area contributed by atoms with Crippen molar-refractivity contribution >= 4 is 17.5 Å². The van der Waals surface area contributed by atoms with E-state index < -0.39 is 0 Å². The normalized spacial score (nSPS) is 10.6.